The fourth-order valence-electron chi connectivity index (χ4n) is 3.85. The van der Waals surface area contributed by atoms with Crippen molar-refractivity contribution in [3.05, 3.63) is 73.9 Å². The molecule has 0 radical (unpaired) electrons. The van der Waals surface area contributed by atoms with E-state index in [4.69, 9.17) is 37.4 Å². The standard InChI is InChI=1S/C24H19Cl2NO6S/c1-31-13-8-6-12(7-9-13)27-19(16-5-4-10-34-16)17(21(29)24(27)30)20(28)14-11-15(25)23(33-3)18(26)22(14)32-2/h4-11,19,28H,1-3H3/b20-17-. The van der Waals surface area contributed by atoms with Gasteiger partial charge < -0.3 is 19.3 Å². The van der Waals surface area contributed by atoms with Gasteiger partial charge in [-0.15, -0.1) is 11.3 Å². The first kappa shape index (κ1) is 23.9. The lowest BCUT2D eigenvalue weighted by molar-refractivity contribution is -0.132. The molecule has 2 heterocycles. The number of halogens is 2. The van der Waals surface area contributed by atoms with Gasteiger partial charge in [-0.05, 0) is 41.8 Å². The van der Waals surface area contributed by atoms with Crippen molar-refractivity contribution in [3.63, 3.8) is 0 Å². The molecule has 1 unspecified atom stereocenters. The highest BCUT2D eigenvalue weighted by atomic mass is 35.5. The lowest BCUT2D eigenvalue weighted by Crippen LogP contribution is -2.29. The van der Waals surface area contributed by atoms with Crippen LogP contribution >= 0.6 is 34.5 Å². The molecule has 3 aromatic rings. The molecule has 1 aliphatic heterocycles. The molecule has 4 rings (SSSR count). The van der Waals surface area contributed by atoms with Crippen LogP contribution in [0.5, 0.6) is 17.2 Å². The van der Waals surface area contributed by atoms with E-state index in [9.17, 15) is 14.7 Å². The Bertz CT molecular complexity index is 1290. The fourth-order valence-corrected chi connectivity index (χ4v) is 5.36. The molecule has 1 atom stereocenters. The predicted molar refractivity (Wildman–Crippen MR) is 132 cm³/mol. The minimum Gasteiger partial charge on any atom is -0.507 e. The summed E-state index contributed by atoms with van der Waals surface area (Å²) in [4.78, 5) is 28.5. The van der Waals surface area contributed by atoms with Gasteiger partial charge in [-0.3, -0.25) is 14.5 Å². The van der Waals surface area contributed by atoms with Crippen LogP contribution in [0.25, 0.3) is 5.76 Å². The third-order valence-corrected chi connectivity index (χ3v) is 6.95. The van der Waals surface area contributed by atoms with Gasteiger partial charge in [0, 0.05) is 10.6 Å². The zero-order valence-corrected chi connectivity index (χ0v) is 20.6. The van der Waals surface area contributed by atoms with Gasteiger partial charge in [-0.2, -0.15) is 0 Å². The van der Waals surface area contributed by atoms with Crippen molar-refractivity contribution in [1.82, 2.24) is 0 Å². The molecule has 7 nitrogen and oxygen atoms in total. The predicted octanol–water partition coefficient (Wildman–Crippen LogP) is 5.71. The Labute approximate surface area is 209 Å². The molecule has 34 heavy (non-hydrogen) atoms. The van der Waals surface area contributed by atoms with Crippen molar-refractivity contribution in [2.45, 2.75) is 6.04 Å². The molecule has 0 saturated carbocycles. The van der Waals surface area contributed by atoms with Gasteiger partial charge in [0.1, 0.15) is 22.6 Å². The van der Waals surface area contributed by atoms with Crippen molar-refractivity contribution in [2.24, 2.45) is 0 Å². The Morgan fingerprint density at radius 3 is 2.24 bits per heavy atom. The van der Waals surface area contributed by atoms with Gasteiger partial charge >= 0.3 is 0 Å². The first-order valence-corrected chi connectivity index (χ1v) is 11.6. The van der Waals surface area contributed by atoms with Crippen LogP contribution in [0.15, 0.2) is 53.4 Å². The average Bonchev–Trinajstić information content (AvgIpc) is 3.45. The molecule has 1 aromatic heterocycles. The van der Waals surface area contributed by atoms with E-state index in [1.807, 2.05) is 5.38 Å². The molecule has 0 spiro atoms. The molecule has 1 aliphatic rings. The minimum absolute atomic E-state index is 0.0242. The number of ether oxygens (including phenoxy) is 3. The SMILES string of the molecule is COc1ccc(N2C(=O)C(=O)/C(=C(\O)c3cc(Cl)c(OC)c(Cl)c3OC)C2c2cccs2)cc1. The molecule has 2 aromatic carbocycles. The van der Waals surface area contributed by atoms with Crippen molar-refractivity contribution in [2.75, 3.05) is 26.2 Å². The normalized spacial score (nSPS) is 17.2. The highest BCUT2D eigenvalue weighted by Gasteiger charge is 2.47. The van der Waals surface area contributed by atoms with Gasteiger partial charge in [-0.25, -0.2) is 0 Å². The maximum atomic E-state index is 13.3. The van der Waals surface area contributed by atoms with E-state index < -0.39 is 23.5 Å². The third kappa shape index (κ3) is 3.87. The summed E-state index contributed by atoms with van der Waals surface area (Å²) in [6, 6.07) is 10.8. The molecule has 0 aliphatic carbocycles. The fraction of sp³-hybridized carbons (Fsp3) is 0.167. The summed E-state index contributed by atoms with van der Waals surface area (Å²) in [6.45, 7) is 0. The molecule has 1 N–H and O–H groups in total. The Morgan fingerprint density at radius 2 is 1.68 bits per heavy atom. The molecular formula is C24H19Cl2NO6S. The number of ketones is 1. The number of Topliss-reactive ketones (excluding diaryl/α,β-unsaturated/α-hetero) is 1. The summed E-state index contributed by atoms with van der Waals surface area (Å²) in [5.74, 6) is -1.28. The van der Waals surface area contributed by atoms with Crippen LogP contribution in [0.2, 0.25) is 10.0 Å². The summed E-state index contributed by atoms with van der Waals surface area (Å²) in [5, 5.41) is 13.3. The number of hydrogen-bond acceptors (Lipinski definition) is 7. The highest BCUT2D eigenvalue weighted by molar-refractivity contribution is 7.10. The first-order valence-electron chi connectivity index (χ1n) is 9.92. The number of thiophene rings is 1. The largest absolute Gasteiger partial charge is 0.507 e. The van der Waals surface area contributed by atoms with E-state index in [0.29, 0.717) is 16.3 Å². The number of amides is 1. The number of nitrogens with zero attached hydrogens (tertiary/aromatic N) is 1. The first-order chi connectivity index (χ1) is 16.3. The minimum atomic E-state index is -0.877. The number of aliphatic hydroxyl groups excluding tert-OH is 1. The number of benzene rings is 2. The third-order valence-electron chi connectivity index (χ3n) is 5.40. The van der Waals surface area contributed by atoms with Crippen LogP contribution < -0.4 is 19.1 Å². The van der Waals surface area contributed by atoms with Gasteiger partial charge in [0.15, 0.2) is 11.5 Å². The summed E-state index contributed by atoms with van der Waals surface area (Å²) in [5.41, 5.74) is 0.421. The van der Waals surface area contributed by atoms with E-state index in [-0.39, 0.29) is 32.7 Å². The van der Waals surface area contributed by atoms with E-state index in [0.717, 1.165) is 0 Å². The zero-order chi connectivity index (χ0) is 24.6. The molecule has 176 valence electrons. The molecular weight excluding hydrogens is 501 g/mol. The summed E-state index contributed by atoms with van der Waals surface area (Å²) in [7, 11) is 4.28. The second-order valence-corrected chi connectivity index (χ2v) is 8.93. The number of hydrogen-bond donors (Lipinski definition) is 1. The molecule has 1 amide bonds. The maximum absolute atomic E-state index is 13.3. The van der Waals surface area contributed by atoms with Crippen molar-refractivity contribution in [1.29, 1.82) is 0 Å². The quantitative estimate of drug-likeness (QED) is 0.255. The molecule has 10 heteroatoms. The van der Waals surface area contributed by atoms with E-state index >= 15 is 0 Å². The van der Waals surface area contributed by atoms with Gasteiger partial charge in [0.05, 0.1) is 37.5 Å². The number of carbonyl (C=O) groups excluding carboxylic acids is 2. The number of carbonyl (C=O) groups is 2. The summed E-state index contributed by atoms with van der Waals surface area (Å²) >= 11 is 14.0. The lowest BCUT2D eigenvalue weighted by Gasteiger charge is -2.24. The monoisotopic (exact) mass is 519 g/mol. The summed E-state index contributed by atoms with van der Waals surface area (Å²) < 4.78 is 15.8. The second kappa shape index (κ2) is 9.58. The lowest BCUT2D eigenvalue weighted by atomic mass is 9.99. The van der Waals surface area contributed by atoms with Crippen molar-refractivity contribution in [3.8, 4) is 17.2 Å². The van der Waals surface area contributed by atoms with E-state index in [1.165, 1.54) is 43.6 Å². The Kier molecular flexibility index (Phi) is 6.74. The van der Waals surface area contributed by atoms with Crippen LogP contribution in [-0.2, 0) is 9.59 Å². The van der Waals surface area contributed by atoms with Gasteiger partial charge in [0.25, 0.3) is 11.7 Å². The molecule has 1 fully saturated rings. The Balaban J connectivity index is 1.96. The van der Waals surface area contributed by atoms with Gasteiger partial charge in [0.2, 0.25) is 0 Å². The molecule has 0 bridgehead atoms. The van der Waals surface area contributed by atoms with Crippen LogP contribution in [0, 0.1) is 0 Å². The Hall–Kier alpha value is -3.20. The highest BCUT2D eigenvalue weighted by Crippen LogP contribution is 2.48. The van der Waals surface area contributed by atoms with Crippen LogP contribution in [-0.4, -0.2) is 38.1 Å². The number of aliphatic hydroxyl groups is 1. The van der Waals surface area contributed by atoms with E-state index in [1.54, 1.807) is 36.4 Å². The van der Waals surface area contributed by atoms with Crippen molar-refractivity contribution < 1.29 is 28.9 Å². The summed E-state index contributed by atoms with van der Waals surface area (Å²) in [6.07, 6.45) is 0. The number of rotatable bonds is 6. The maximum Gasteiger partial charge on any atom is 0.300 e. The average molecular weight is 520 g/mol. The van der Waals surface area contributed by atoms with Crippen LogP contribution in [0.3, 0.4) is 0 Å². The Morgan fingerprint density at radius 1 is 1.00 bits per heavy atom. The van der Waals surface area contributed by atoms with Crippen LogP contribution in [0.1, 0.15) is 16.5 Å². The van der Waals surface area contributed by atoms with E-state index in [2.05, 4.69) is 0 Å². The van der Waals surface area contributed by atoms with Gasteiger partial charge in [-0.1, -0.05) is 29.3 Å². The smallest absolute Gasteiger partial charge is 0.300 e. The van der Waals surface area contributed by atoms with Crippen LogP contribution in [0.4, 0.5) is 5.69 Å². The number of anilines is 1. The second-order valence-electron chi connectivity index (χ2n) is 7.17. The number of methoxy groups -OCH3 is 3. The van der Waals surface area contributed by atoms with Crippen molar-refractivity contribution >= 4 is 57.7 Å². The zero-order valence-electron chi connectivity index (χ0n) is 18.3. The molecule has 1 saturated heterocycles. The topological polar surface area (TPSA) is 85.3 Å².